The summed E-state index contributed by atoms with van der Waals surface area (Å²) in [6.07, 6.45) is 0. The first-order valence-electron chi connectivity index (χ1n) is 10.1. The van der Waals surface area contributed by atoms with Crippen LogP contribution in [0.4, 0.5) is 0 Å². The van der Waals surface area contributed by atoms with E-state index in [1.54, 1.807) is 0 Å². The van der Waals surface area contributed by atoms with Crippen LogP contribution in [0.25, 0.3) is 11.4 Å². The highest BCUT2D eigenvalue weighted by atomic mass is 14.9. The zero-order valence-electron chi connectivity index (χ0n) is 16.3. The Kier molecular flexibility index (Phi) is 3.82. The Morgan fingerprint density at radius 2 is 0.667 bits per heavy atom. The molecule has 0 amide bonds. The van der Waals surface area contributed by atoms with Gasteiger partial charge in [-0.05, 0) is 0 Å². The average Bonchev–Trinajstić information content (AvgIpc) is 3.39. The van der Waals surface area contributed by atoms with Crippen LogP contribution >= 0.6 is 0 Å². The Labute approximate surface area is 175 Å². The second kappa shape index (κ2) is 6.78. The van der Waals surface area contributed by atoms with Crippen molar-refractivity contribution in [1.29, 1.82) is 0 Å². The largest absolute Gasteiger partial charge is 0.245 e. The maximum absolute atomic E-state index is 5.12. The third-order valence-corrected chi connectivity index (χ3v) is 5.64. The van der Waals surface area contributed by atoms with Crippen molar-refractivity contribution >= 4 is 22.8 Å². The van der Waals surface area contributed by atoms with E-state index in [-0.39, 0.29) is 0 Å². The molecule has 0 unspecified atom stereocenters. The van der Waals surface area contributed by atoms with Crippen molar-refractivity contribution in [3.8, 4) is 0 Å². The number of benzene rings is 4. The Balaban J connectivity index is 1.63. The minimum Gasteiger partial charge on any atom is -0.245 e. The van der Waals surface area contributed by atoms with Gasteiger partial charge in [0, 0.05) is 33.4 Å². The fourth-order valence-corrected chi connectivity index (χ4v) is 4.25. The van der Waals surface area contributed by atoms with Crippen LogP contribution in [0, 0.1) is 0 Å². The van der Waals surface area contributed by atoms with Crippen LogP contribution in [0.3, 0.4) is 0 Å². The smallest absolute Gasteiger partial charge is 0.0979 e. The predicted molar refractivity (Wildman–Crippen MR) is 124 cm³/mol. The number of rotatable bonds is 2. The number of nitrogens with zero attached hydrogens (tertiary/aromatic N) is 2. The Morgan fingerprint density at radius 1 is 0.333 bits per heavy atom. The first-order chi connectivity index (χ1) is 14.9. The average molecular weight is 382 g/mol. The molecule has 0 spiro atoms. The molecule has 0 fully saturated rings. The van der Waals surface area contributed by atoms with Gasteiger partial charge in [0.1, 0.15) is 0 Å². The molecule has 140 valence electrons. The van der Waals surface area contributed by atoms with Crippen LogP contribution in [0.2, 0.25) is 0 Å². The summed E-state index contributed by atoms with van der Waals surface area (Å²) < 4.78 is 0. The Morgan fingerprint density at radius 3 is 1.07 bits per heavy atom. The van der Waals surface area contributed by atoms with Crippen molar-refractivity contribution in [3.63, 3.8) is 0 Å². The van der Waals surface area contributed by atoms with Crippen molar-refractivity contribution in [2.75, 3.05) is 0 Å². The molecule has 2 aliphatic heterocycles. The van der Waals surface area contributed by atoms with Gasteiger partial charge >= 0.3 is 0 Å². The van der Waals surface area contributed by atoms with Crippen molar-refractivity contribution in [2.45, 2.75) is 0 Å². The van der Waals surface area contributed by atoms with Crippen molar-refractivity contribution in [2.24, 2.45) is 9.98 Å². The maximum Gasteiger partial charge on any atom is 0.0979 e. The maximum atomic E-state index is 5.12. The highest BCUT2D eigenvalue weighted by molar-refractivity contribution is 6.26. The molecular weight excluding hydrogens is 364 g/mol. The lowest BCUT2D eigenvalue weighted by Crippen LogP contribution is -1.99. The first kappa shape index (κ1) is 16.9. The topological polar surface area (TPSA) is 24.7 Å². The molecule has 0 aliphatic carbocycles. The summed E-state index contributed by atoms with van der Waals surface area (Å²) >= 11 is 0. The van der Waals surface area contributed by atoms with Crippen LogP contribution in [0.15, 0.2) is 119 Å². The van der Waals surface area contributed by atoms with Gasteiger partial charge in [-0.1, -0.05) is 109 Å². The van der Waals surface area contributed by atoms with Gasteiger partial charge in [-0.25, -0.2) is 9.98 Å². The van der Waals surface area contributed by atoms with E-state index in [0.29, 0.717) is 0 Å². The van der Waals surface area contributed by atoms with Gasteiger partial charge < -0.3 is 0 Å². The summed E-state index contributed by atoms with van der Waals surface area (Å²) in [5, 5.41) is 0. The minimum absolute atomic E-state index is 0.947. The summed E-state index contributed by atoms with van der Waals surface area (Å²) in [4.78, 5) is 10.2. The predicted octanol–water partition coefficient (Wildman–Crippen LogP) is 6.21. The van der Waals surface area contributed by atoms with Gasteiger partial charge in [0.25, 0.3) is 0 Å². The summed E-state index contributed by atoms with van der Waals surface area (Å²) in [5.41, 5.74) is 10.8. The fourth-order valence-electron chi connectivity index (χ4n) is 4.25. The molecule has 6 rings (SSSR count). The lowest BCUT2D eigenvalue weighted by Gasteiger charge is -2.04. The summed E-state index contributed by atoms with van der Waals surface area (Å²) in [7, 11) is 0. The van der Waals surface area contributed by atoms with Crippen molar-refractivity contribution < 1.29 is 0 Å². The van der Waals surface area contributed by atoms with E-state index in [0.717, 1.165) is 56.2 Å². The molecule has 2 heterocycles. The molecule has 0 N–H and O–H groups in total. The zero-order valence-corrected chi connectivity index (χ0v) is 16.3. The van der Waals surface area contributed by atoms with Crippen LogP contribution in [0.1, 0.15) is 33.4 Å². The standard InChI is InChI=1S/C28H18N2/c1-3-11-19(12-4-1)25-21-15-7-9-17-23(21)27(29-25)28-24-18-10-8-16-22(24)26(30-28)20-13-5-2-6-14-20/h1-18H. The monoisotopic (exact) mass is 382 g/mol. The molecule has 2 heteroatoms. The molecule has 4 aromatic rings. The molecule has 0 radical (unpaired) electrons. The molecule has 4 aromatic carbocycles. The number of aliphatic imine (C=N–C) groups is 2. The van der Waals surface area contributed by atoms with Gasteiger partial charge in [0.05, 0.1) is 22.8 Å². The summed E-state index contributed by atoms with van der Waals surface area (Å²) in [6, 6.07) is 37.7. The third-order valence-electron chi connectivity index (χ3n) is 5.64. The zero-order chi connectivity index (χ0) is 19.9. The van der Waals surface area contributed by atoms with E-state index >= 15 is 0 Å². The second-order valence-electron chi connectivity index (χ2n) is 7.44. The quantitative estimate of drug-likeness (QED) is 0.393. The van der Waals surface area contributed by atoms with Crippen LogP contribution in [-0.2, 0) is 0 Å². The molecule has 0 saturated heterocycles. The summed E-state index contributed by atoms with van der Waals surface area (Å²) in [5.74, 6) is 0. The minimum atomic E-state index is 0.947. The van der Waals surface area contributed by atoms with E-state index in [2.05, 4.69) is 97.1 Å². The lowest BCUT2D eigenvalue weighted by molar-refractivity contribution is 1.50. The molecule has 30 heavy (non-hydrogen) atoms. The van der Waals surface area contributed by atoms with Crippen molar-refractivity contribution in [3.05, 3.63) is 143 Å². The van der Waals surface area contributed by atoms with Gasteiger partial charge in [0.2, 0.25) is 0 Å². The molecule has 0 saturated carbocycles. The molecule has 0 atom stereocenters. The van der Waals surface area contributed by atoms with Crippen molar-refractivity contribution in [1.82, 2.24) is 0 Å². The van der Waals surface area contributed by atoms with E-state index in [1.807, 2.05) is 12.1 Å². The van der Waals surface area contributed by atoms with Crippen LogP contribution in [0.5, 0.6) is 0 Å². The highest BCUT2D eigenvalue weighted by Gasteiger charge is 2.29. The van der Waals surface area contributed by atoms with Gasteiger partial charge in [-0.3, -0.25) is 0 Å². The molecular formula is C28H18N2. The van der Waals surface area contributed by atoms with Gasteiger partial charge in [0.15, 0.2) is 0 Å². The van der Waals surface area contributed by atoms with Crippen LogP contribution in [-0.4, -0.2) is 11.4 Å². The third kappa shape index (κ3) is 2.58. The second-order valence-corrected chi connectivity index (χ2v) is 7.44. The van der Waals surface area contributed by atoms with E-state index in [9.17, 15) is 0 Å². The number of hydrogen-bond acceptors (Lipinski definition) is 2. The first-order valence-corrected chi connectivity index (χ1v) is 10.1. The normalized spacial score (nSPS) is 16.7. The molecule has 2 aliphatic rings. The summed E-state index contributed by atoms with van der Waals surface area (Å²) in [6.45, 7) is 0. The van der Waals surface area contributed by atoms with E-state index < -0.39 is 0 Å². The number of hydrogen-bond donors (Lipinski definition) is 0. The SMILES string of the molecule is c1ccc(C2=NC(=C3N=C(c4ccccc4)c4ccccc43)c3ccccc32)cc1. The Hall–Kier alpha value is -4.04. The van der Waals surface area contributed by atoms with Crippen LogP contribution < -0.4 is 0 Å². The lowest BCUT2D eigenvalue weighted by atomic mass is 9.96. The van der Waals surface area contributed by atoms with Gasteiger partial charge in [-0.15, -0.1) is 0 Å². The van der Waals surface area contributed by atoms with E-state index in [1.165, 1.54) is 0 Å². The highest BCUT2D eigenvalue weighted by Crippen LogP contribution is 2.41. The molecule has 0 bridgehead atoms. The number of fused-ring (bicyclic) bond motifs is 2. The Bertz CT molecular complexity index is 1250. The molecule has 0 aromatic heterocycles. The van der Waals surface area contributed by atoms with E-state index in [4.69, 9.17) is 9.98 Å². The fraction of sp³-hybridized carbons (Fsp3) is 0. The molecule has 2 nitrogen and oxygen atoms in total. The van der Waals surface area contributed by atoms with Gasteiger partial charge in [-0.2, -0.15) is 0 Å².